The van der Waals surface area contributed by atoms with E-state index in [1.807, 2.05) is 6.07 Å². The first-order valence-corrected chi connectivity index (χ1v) is 7.35. The van der Waals surface area contributed by atoms with Gasteiger partial charge in [-0.1, -0.05) is 42.5 Å². The van der Waals surface area contributed by atoms with Gasteiger partial charge in [0.1, 0.15) is 5.54 Å². The highest BCUT2D eigenvalue weighted by Crippen LogP contribution is 2.29. The maximum Gasteiger partial charge on any atom is 0.325 e. The molecule has 0 bridgehead atoms. The van der Waals surface area contributed by atoms with Crippen LogP contribution in [-0.2, 0) is 16.9 Å². The predicted octanol–water partition coefficient (Wildman–Crippen LogP) is 2.56. The fourth-order valence-electron chi connectivity index (χ4n) is 2.76. The van der Waals surface area contributed by atoms with Crippen LogP contribution < -0.4 is 5.32 Å². The highest BCUT2D eigenvalue weighted by molar-refractivity contribution is 6.07. The Bertz CT molecular complexity index is 822. The summed E-state index contributed by atoms with van der Waals surface area (Å²) in [4.78, 5) is 36.4. The Morgan fingerprint density at radius 1 is 1.12 bits per heavy atom. The van der Waals surface area contributed by atoms with Crippen LogP contribution in [0.25, 0.3) is 0 Å². The van der Waals surface area contributed by atoms with Crippen LogP contribution in [0.5, 0.6) is 0 Å². The minimum absolute atomic E-state index is 0.0191. The Hall–Kier alpha value is -3.22. The maximum absolute atomic E-state index is 12.8. The maximum atomic E-state index is 12.8. The molecule has 24 heavy (non-hydrogen) atoms. The number of carbonyl (C=O) groups is 2. The zero-order chi connectivity index (χ0) is 17.3. The molecule has 1 aliphatic rings. The van der Waals surface area contributed by atoms with Crippen LogP contribution in [0, 0.1) is 10.1 Å². The number of amides is 3. The van der Waals surface area contributed by atoms with Crippen molar-refractivity contribution >= 4 is 17.6 Å². The topological polar surface area (TPSA) is 92.6 Å². The van der Waals surface area contributed by atoms with E-state index in [0.717, 1.165) is 4.90 Å². The van der Waals surface area contributed by atoms with Crippen molar-refractivity contribution in [3.05, 3.63) is 75.8 Å². The molecule has 0 saturated carbocycles. The molecule has 2 aromatic rings. The van der Waals surface area contributed by atoms with Crippen molar-refractivity contribution in [1.29, 1.82) is 0 Å². The molecule has 0 spiro atoms. The monoisotopic (exact) mass is 325 g/mol. The standard InChI is InChI=1S/C17H15N3O4/c1-17(13-7-3-2-4-8-13)15(21)19(16(22)18-17)11-12-6-5-9-14(10-12)20(23)24/h2-10H,11H2,1H3,(H,18,22)/t17-/m0/s1. The minimum atomic E-state index is -1.14. The summed E-state index contributed by atoms with van der Waals surface area (Å²) in [6, 6.07) is 14.3. The van der Waals surface area contributed by atoms with Gasteiger partial charge in [0.05, 0.1) is 11.5 Å². The Morgan fingerprint density at radius 3 is 2.50 bits per heavy atom. The van der Waals surface area contributed by atoms with Gasteiger partial charge in [-0.3, -0.25) is 19.8 Å². The SMILES string of the molecule is C[C@@]1(c2ccccc2)NC(=O)N(Cc2cccc([N+](=O)[O-])c2)C1=O. The van der Waals surface area contributed by atoms with E-state index in [-0.39, 0.29) is 18.1 Å². The number of nitro benzene ring substituents is 1. The van der Waals surface area contributed by atoms with Crippen LogP contribution in [0.2, 0.25) is 0 Å². The molecule has 1 fully saturated rings. The second-order valence-electron chi connectivity index (χ2n) is 5.74. The van der Waals surface area contributed by atoms with Crippen LogP contribution in [0.1, 0.15) is 18.1 Å². The Labute approximate surface area is 138 Å². The number of imide groups is 1. The summed E-state index contributed by atoms with van der Waals surface area (Å²) in [6.45, 7) is 1.63. The molecule has 0 radical (unpaired) electrons. The van der Waals surface area contributed by atoms with E-state index in [1.165, 1.54) is 18.2 Å². The first-order chi connectivity index (χ1) is 11.4. The highest BCUT2D eigenvalue weighted by Gasteiger charge is 2.48. The lowest BCUT2D eigenvalue weighted by atomic mass is 9.92. The minimum Gasteiger partial charge on any atom is -0.319 e. The van der Waals surface area contributed by atoms with Gasteiger partial charge < -0.3 is 5.32 Å². The van der Waals surface area contributed by atoms with Crippen LogP contribution in [0.15, 0.2) is 54.6 Å². The van der Waals surface area contributed by atoms with E-state index in [9.17, 15) is 19.7 Å². The van der Waals surface area contributed by atoms with E-state index >= 15 is 0 Å². The predicted molar refractivity (Wildman–Crippen MR) is 86.0 cm³/mol. The molecular weight excluding hydrogens is 310 g/mol. The van der Waals surface area contributed by atoms with Gasteiger partial charge in [0.2, 0.25) is 0 Å². The lowest BCUT2D eigenvalue weighted by molar-refractivity contribution is -0.384. The van der Waals surface area contributed by atoms with Crippen LogP contribution in [-0.4, -0.2) is 21.8 Å². The zero-order valence-corrected chi connectivity index (χ0v) is 12.9. The van der Waals surface area contributed by atoms with Gasteiger partial charge >= 0.3 is 6.03 Å². The summed E-state index contributed by atoms with van der Waals surface area (Å²) in [7, 11) is 0. The van der Waals surface area contributed by atoms with Crippen LogP contribution in [0.4, 0.5) is 10.5 Å². The molecule has 0 aliphatic carbocycles. The van der Waals surface area contributed by atoms with Crippen LogP contribution in [0.3, 0.4) is 0 Å². The average Bonchev–Trinajstić information content (AvgIpc) is 2.80. The lowest BCUT2D eigenvalue weighted by Gasteiger charge is -2.22. The number of nitrogens with zero attached hydrogens (tertiary/aromatic N) is 2. The molecule has 0 unspecified atom stereocenters. The van der Waals surface area contributed by atoms with Crippen molar-refractivity contribution in [3.8, 4) is 0 Å². The first-order valence-electron chi connectivity index (χ1n) is 7.35. The molecule has 1 N–H and O–H groups in total. The Balaban J connectivity index is 1.88. The quantitative estimate of drug-likeness (QED) is 0.531. The Morgan fingerprint density at radius 2 is 1.83 bits per heavy atom. The van der Waals surface area contributed by atoms with Gasteiger partial charge in [-0.25, -0.2) is 4.79 Å². The van der Waals surface area contributed by atoms with Crippen molar-refractivity contribution in [2.45, 2.75) is 19.0 Å². The number of nitro groups is 1. The number of carbonyl (C=O) groups excluding carboxylic acids is 2. The van der Waals surface area contributed by atoms with Gasteiger partial charge in [-0.15, -0.1) is 0 Å². The van der Waals surface area contributed by atoms with Crippen molar-refractivity contribution in [3.63, 3.8) is 0 Å². The van der Waals surface area contributed by atoms with Gasteiger partial charge in [0.25, 0.3) is 11.6 Å². The van der Waals surface area contributed by atoms with Gasteiger partial charge in [0.15, 0.2) is 0 Å². The second-order valence-corrected chi connectivity index (χ2v) is 5.74. The third kappa shape index (κ3) is 2.60. The summed E-state index contributed by atoms with van der Waals surface area (Å²) in [6.07, 6.45) is 0. The fourth-order valence-corrected chi connectivity index (χ4v) is 2.76. The number of non-ortho nitro benzene ring substituents is 1. The lowest BCUT2D eigenvalue weighted by Crippen LogP contribution is -2.40. The molecule has 1 aliphatic heterocycles. The van der Waals surface area contributed by atoms with Gasteiger partial charge in [-0.2, -0.15) is 0 Å². The fraction of sp³-hybridized carbons (Fsp3) is 0.176. The molecule has 7 nitrogen and oxygen atoms in total. The highest BCUT2D eigenvalue weighted by atomic mass is 16.6. The molecule has 1 atom stereocenters. The van der Waals surface area contributed by atoms with Gasteiger partial charge in [-0.05, 0) is 18.1 Å². The Kier molecular flexibility index (Phi) is 3.76. The van der Waals surface area contributed by atoms with Crippen molar-refractivity contribution < 1.29 is 14.5 Å². The molecule has 1 saturated heterocycles. The summed E-state index contributed by atoms with van der Waals surface area (Å²) < 4.78 is 0. The zero-order valence-electron chi connectivity index (χ0n) is 12.9. The number of hydrogen-bond acceptors (Lipinski definition) is 4. The summed E-state index contributed by atoms with van der Waals surface area (Å²) in [5.74, 6) is -0.384. The van der Waals surface area contributed by atoms with Crippen molar-refractivity contribution in [2.24, 2.45) is 0 Å². The van der Waals surface area contributed by atoms with E-state index in [2.05, 4.69) is 5.32 Å². The van der Waals surface area contributed by atoms with Gasteiger partial charge in [0, 0.05) is 12.1 Å². The molecule has 3 rings (SSSR count). The third-order valence-electron chi connectivity index (χ3n) is 4.09. The van der Waals surface area contributed by atoms with Crippen molar-refractivity contribution in [1.82, 2.24) is 10.2 Å². The first kappa shape index (κ1) is 15.7. The van der Waals surface area contributed by atoms with Crippen LogP contribution >= 0.6 is 0 Å². The molecule has 1 heterocycles. The average molecular weight is 325 g/mol. The number of hydrogen-bond donors (Lipinski definition) is 1. The molecular formula is C17H15N3O4. The summed E-state index contributed by atoms with van der Waals surface area (Å²) >= 11 is 0. The third-order valence-corrected chi connectivity index (χ3v) is 4.09. The smallest absolute Gasteiger partial charge is 0.319 e. The summed E-state index contributed by atoms with van der Waals surface area (Å²) in [5.41, 5.74) is -0.0146. The van der Waals surface area contributed by atoms with E-state index in [1.54, 1.807) is 37.3 Å². The number of nitrogens with one attached hydrogen (secondary N) is 1. The largest absolute Gasteiger partial charge is 0.325 e. The number of rotatable bonds is 4. The van der Waals surface area contributed by atoms with E-state index in [0.29, 0.717) is 11.1 Å². The number of urea groups is 1. The van der Waals surface area contributed by atoms with Crippen molar-refractivity contribution in [2.75, 3.05) is 0 Å². The normalized spacial score (nSPS) is 20.1. The molecule has 3 amide bonds. The van der Waals surface area contributed by atoms with E-state index in [4.69, 9.17) is 0 Å². The van der Waals surface area contributed by atoms with E-state index < -0.39 is 16.5 Å². The second kappa shape index (κ2) is 5.77. The number of benzene rings is 2. The molecule has 0 aromatic heterocycles. The molecule has 7 heteroatoms. The molecule has 122 valence electrons. The summed E-state index contributed by atoms with van der Waals surface area (Å²) in [5, 5.41) is 13.6. The molecule has 2 aromatic carbocycles.